The van der Waals surface area contributed by atoms with Gasteiger partial charge in [-0.1, -0.05) is 18.2 Å². The van der Waals surface area contributed by atoms with Crippen LogP contribution in [-0.2, 0) is 4.79 Å². The van der Waals surface area contributed by atoms with Gasteiger partial charge in [-0.25, -0.2) is 8.78 Å². The number of halogens is 5. The zero-order chi connectivity index (χ0) is 23.5. The number of aliphatic hydroxyl groups is 2. The highest BCUT2D eigenvalue weighted by atomic mass is 19.4. The van der Waals surface area contributed by atoms with Crippen LogP contribution in [0.15, 0.2) is 42.2 Å². The van der Waals surface area contributed by atoms with Gasteiger partial charge in [-0.15, -0.1) is 0 Å². The minimum absolute atomic E-state index is 0.0793. The average Bonchev–Trinajstić information content (AvgIpc) is 2.96. The Hall–Kier alpha value is -2.94. The Morgan fingerprint density at radius 3 is 2.12 bits per heavy atom. The number of benzene rings is 2. The largest absolute Gasteiger partial charge is 0.509 e. The zero-order valence-electron chi connectivity index (χ0n) is 17.0. The van der Waals surface area contributed by atoms with E-state index in [4.69, 9.17) is 0 Å². The number of amides is 1. The van der Waals surface area contributed by atoms with Gasteiger partial charge in [-0.2, -0.15) is 13.2 Å². The predicted octanol–water partition coefficient (Wildman–Crippen LogP) is 4.95. The first-order valence-electron chi connectivity index (χ1n) is 9.99. The molecule has 9 heteroatoms. The van der Waals surface area contributed by atoms with Crippen LogP contribution in [0.4, 0.5) is 22.0 Å². The Morgan fingerprint density at radius 1 is 0.938 bits per heavy atom. The number of rotatable bonds is 2. The summed E-state index contributed by atoms with van der Waals surface area (Å²) in [5, 5.41) is 23.5. The van der Waals surface area contributed by atoms with Gasteiger partial charge in [0, 0.05) is 0 Å². The van der Waals surface area contributed by atoms with E-state index in [-0.39, 0.29) is 24.2 Å². The molecular weight excluding hydrogens is 433 g/mol. The highest BCUT2D eigenvalue weighted by Gasteiger charge is 2.59. The van der Waals surface area contributed by atoms with Crippen LogP contribution in [0.5, 0.6) is 0 Å². The SMILES string of the molecule is Cc1ccc(-c2ccc(F)c(F)c2)cc1C1=C(O)[C@]2(CC[C@](O)(C(F)(F)F)CC2)NC1=O. The van der Waals surface area contributed by atoms with Crippen molar-refractivity contribution < 1.29 is 37.0 Å². The minimum Gasteiger partial charge on any atom is -0.509 e. The van der Waals surface area contributed by atoms with Crippen LogP contribution in [0, 0.1) is 18.6 Å². The number of nitrogens with one attached hydrogen (secondary N) is 1. The van der Waals surface area contributed by atoms with Gasteiger partial charge >= 0.3 is 6.18 Å². The van der Waals surface area contributed by atoms with E-state index in [0.717, 1.165) is 12.1 Å². The van der Waals surface area contributed by atoms with Crippen molar-refractivity contribution in [3.8, 4) is 11.1 Å². The first-order chi connectivity index (χ1) is 14.9. The van der Waals surface area contributed by atoms with Crippen molar-refractivity contribution in [2.24, 2.45) is 0 Å². The number of carbonyl (C=O) groups excluding carboxylic acids is 1. The van der Waals surface area contributed by atoms with Gasteiger partial charge in [-0.3, -0.25) is 4.79 Å². The molecule has 0 bridgehead atoms. The first-order valence-corrected chi connectivity index (χ1v) is 9.99. The fraction of sp³-hybridized carbons (Fsp3) is 0.348. The summed E-state index contributed by atoms with van der Waals surface area (Å²) >= 11 is 0. The lowest BCUT2D eigenvalue weighted by atomic mass is 9.73. The molecule has 2 aromatic carbocycles. The van der Waals surface area contributed by atoms with Gasteiger partial charge in [0.25, 0.3) is 5.91 Å². The van der Waals surface area contributed by atoms with Crippen LogP contribution in [0.2, 0.25) is 0 Å². The van der Waals surface area contributed by atoms with E-state index in [1.165, 1.54) is 6.07 Å². The van der Waals surface area contributed by atoms with E-state index in [2.05, 4.69) is 5.32 Å². The highest BCUT2D eigenvalue weighted by Crippen LogP contribution is 2.49. The van der Waals surface area contributed by atoms with E-state index in [9.17, 15) is 37.0 Å². The minimum atomic E-state index is -4.81. The maximum atomic E-state index is 13.7. The third-order valence-electron chi connectivity index (χ3n) is 6.49. The Labute approximate surface area is 180 Å². The fourth-order valence-electron chi connectivity index (χ4n) is 4.42. The van der Waals surface area contributed by atoms with Crippen molar-refractivity contribution >= 4 is 11.5 Å². The third-order valence-corrected chi connectivity index (χ3v) is 6.49. The summed E-state index contributed by atoms with van der Waals surface area (Å²) in [6, 6.07) is 8.19. The second-order valence-corrected chi connectivity index (χ2v) is 8.45. The molecule has 170 valence electrons. The van der Waals surface area contributed by atoms with Gasteiger partial charge in [0.2, 0.25) is 0 Å². The molecule has 1 saturated carbocycles. The molecule has 32 heavy (non-hydrogen) atoms. The van der Waals surface area contributed by atoms with Crippen LogP contribution in [0.25, 0.3) is 16.7 Å². The fourth-order valence-corrected chi connectivity index (χ4v) is 4.42. The van der Waals surface area contributed by atoms with Crippen molar-refractivity contribution in [1.82, 2.24) is 5.32 Å². The van der Waals surface area contributed by atoms with E-state index < -0.39 is 47.7 Å². The van der Waals surface area contributed by atoms with Gasteiger partial charge in [0.15, 0.2) is 17.2 Å². The smallest absolute Gasteiger partial charge is 0.417 e. The van der Waals surface area contributed by atoms with E-state index in [1.54, 1.807) is 25.1 Å². The van der Waals surface area contributed by atoms with Crippen LogP contribution < -0.4 is 5.32 Å². The van der Waals surface area contributed by atoms with Crippen LogP contribution in [0.3, 0.4) is 0 Å². The molecule has 1 amide bonds. The lowest BCUT2D eigenvalue weighted by Gasteiger charge is -2.42. The normalized spacial score (nSPS) is 26.0. The summed E-state index contributed by atoms with van der Waals surface area (Å²) in [7, 11) is 0. The number of aliphatic hydroxyl groups excluding tert-OH is 1. The number of alkyl halides is 3. The van der Waals surface area contributed by atoms with Crippen LogP contribution >= 0.6 is 0 Å². The molecule has 1 aliphatic heterocycles. The van der Waals surface area contributed by atoms with E-state index in [0.29, 0.717) is 22.3 Å². The van der Waals surface area contributed by atoms with Crippen molar-refractivity contribution in [2.45, 2.75) is 49.9 Å². The number of carbonyl (C=O) groups is 1. The molecule has 2 aliphatic rings. The van der Waals surface area contributed by atoms with Gasteiger partial charge in [0.05, 0.1) is 11.1 Å². The third kappa shape index (κ3) is 3.44. The molecule has 2 aromatic rings. The Balaban J connectivity index is 1.73. The van der Waals surface area contributed by atoms with Crippen LogP contribution in [0.1, 0.15) is 36.8 Å². The molecular formula is C23H20F5NO3. The van der Waals surface area contributed by atoms with Crippen molar-refractivity contribution in [2.75, 3.05) is 0 Å². The predicted molar refractivity (Wildman–Crippen MR) is 106 cm³/mol. The second kappa shape index (κ2) is 7.30. The molecule has 4 rings (SSSR count). The molecule has 1 heterocycles. The quantitative estimate of drug-likeness (QED) is 0.564. The Kier molecular flexibility index (Phi) is 5.08. The van der Waals surface area contributed by atoms with E-state index >= 15 is 0 Å². The van der Waals surface area contributed by atoms with Gasteiger partial charge in [0.1, 0.15) is 5.76 Å². The summed E-state index contributed by atoms with van der Waals surface area (Å²) < 4.78 is 66.4. The summed E-state index contributed by atoms with van der Waals surface area (Å²) in [6.07, 6.45) is -6.71. The Morgan fingerprint density at radius 2 is 1.53 bits per heavy atom. The molecule has 0 saturated heterocycles. The highest BCUT2D eigenvalue weighted by molar-refractivity contribution is 6.23. The van der Waals surface area contributed by atoms with E-state index in [1.807, 2.05) is 0 Å². The standard InChI is InChI=1S/C23H20F5NO3/c1-12-2-3-13(14-4-5-16(24)17(25)11-14)10-15(12)18-19(30)21(29-20(18)31)6-8-22(32,9-7-21)23(26,27)28/h2-5,10-11,30,32H,6-9H2,1H3,(H,29,31)/t21-,22-. The number of hydrogen-bond acceptors (Lipinski definition) is 3. The lowest BCUT2D eigenvalue weighted by molar-refractivity contribution is -0.272. The van der Waals surface area contributed by atoms with Gasteiger partial charge in [-0.05, 0) is 73.1 Å². The van der Waals surface area contributed by atoms with Crippen molar-refractivity contribution in [1.29, 1.82) is 0 Å². The summed E-state index contributed by atoms with van der Waals surface area (Å²) in [4.78, 5) is 12.8. The number of aryl methyl sites for hydroxylation is 1. The van der Waals surface area contributed by atoms with Crippen molar-refractivity contribution in [3.63, 3.8) is 0 Å². The topological polar surface area (TPSA) is 69.6 Å². The van der Waals surface area contributed by atoms with Gasteiger partial charge < -0.3 is 15.5 Å². The molecule has 1 fully saturated rings. The summed E-state index contributed by atoms with van der Waals surface area (Å²) in [5.41, 5.74) is -2.59. The molecule has 0 atom stereocenters. The Bertz CT molecular complexity index is 1130. The van der Waals surface area contributed by atoms with Crippen molar-refractivity contribution in [3.05, 3.63) is 64.9 Å². The molecule has 0 aromatic heterocycles. The summed E-state index contributed by atoms with van der Waals surface area (Å²) in [5.74, 6) is -3.07. The molecule has 1 spiro atoms. The first kappa shape index (κ1) is 22.3. The molecule has 3 N–H and O–H groups in total. The number of hydrogen-bond donors (Lipinski definition) is 3. The summed E-state index contributed by atoms with van der Waals surface area (Å²) in [6.45, 7) is 1.69. The maximum Gasteiger partial charge on any atom is 0.417 e. The molecule has 0 unspecified atom stereocenters. The monoisotopic (exact) mass is 453 g/mol. The maximum absolute atomic E-state index is 13.7. The molecule has 1 aliphatic carbocycles. The molecule has 4 nitrogen and oxygen atoms in total. The lowest BCUT2D eigenvalue weighted by Crippen LogP contribution is -2.56. The molecule has 0 radical (unpaired) electrons. The van der Waals surface area contributed by atoms with Crippen LogP contribution in [-0.4, -0.2) is 33.4 Å². The zero-order valence-corrected chi connectivity index (χ0v) is 17.0. The second-order valence-electron chi connectivity index (χ2n) is 8.45. The average molecular weight is 453 g/mol.